The smallest absolute Gasteiger partial charge is 0.413 e. The van der Waals surface area contributed by atoms with E-state index in [0.717, 1.165) is 11.8 Å². The van der Waals surface area contributed by atoms with Crippen LogP contribution in [0.5, 0.6) is 0 Å². The summed E-state index contributed by atoms with van der Waals surface area (Å²) in [5.74, 6) is 0. The molecule has 0 unspecified atom stereocenters. The minimum atomic E-state index is -1.65. The molecule has 1 fully saturated rings. The van der Waals surface area contributed by atoms with E-state index in [1.165, 1.54) is 0 Å². The molecular formula is C10H15FN2O5S. The molecule has 0 aromatic carbocycles. The number of carbonyl (C=O) groups excluding carboxylic acids is 1. The summed E-state index contributed by atoms with van der Waals surface area (Å²) in [5, 5.41) is 21.1. The molecule has 0 bridgehead atoms. The van der Waals surface area contributed by atoms with Crippen LogP contribution in [0.1, 0.15) is 6.92 Å². The molecule has 5 atom stereocenters. The third kappa shape index (κ3) is 2.99. The summed E-state index contributed by atoms with van der Waals surface area (Å²) in [7, 11) is 0. The molecule has 0 saturated carbocycles. The number of carbonyl (C=O) groups is 1. The van der Waals surface area contributed by atoms with Crippen molar-refractivity contribution >= 4 is 23.0 Å². The van der Waals surface area contributed by atoms with Crippen LogP contribution in [0.25, 0.3) is 0 Å². The second-order valence-corrected chi connectivity index (χ2v) is 5.14. The Balaban J connectivity index is 2.00. The molecule has 3 N–H and O–H groups in total. The lowest BCUT2D eigenvalue weighted by atomic mass is 10.0. The van der Waals surface area contributed by atoms with E-state index in [1.807, 2.05) is 0 Å². The number of rotatable bonds is 2. The molecule has 9 heteroatoms. The van der Waals surface area contributed by atoms with Crippen molar-refractivity contribution in [3.05, 3.63) is 0 Å². The number of fused-ring (bicyclic) bond motifs is 1. The number of nitrogens with one attached hydrogen (secondary N) is 1. The topological polar surface area (TPSA) is 100 Å². The first-order valence-electron chi connectivity index (χ1n) is 5.83. The molecule has 1 amide bonds. The Morgan fingerprint density at radius 1 is 1.68 bits per heavy atom. The fraction of sp³-hybridized carbons (Fsp3) is 0.800. The maximum Gasteiger partial charge on any atom is 0.413 e. The molecule has 2 aliphatic rings. The second-order valence-electron chi connectivity index (χ2n) is 4.05. The van der Waals surface area contributed by atoms with Crippen LogP contribution in [0.4, 0.5) is 9.18 Å². The Bertz CT molecular complexity index is 383. The van der Waals surface area contributed by atoms with Gasteiger partial charge in [-0.15, -0.1) is 0 Å². The second kappa shape index (κ2) is 6.04. The predicted octanol–water partition coefficient (Wildman–Crippen LogP) is -0.380. The first kappa shape index (κ1) is 14.5. The van der Waals surface area contributed by atoms with E-state index in [1.54, 1.807) is 6.92 Å². The van der Waals surface area contributed by atoms with E-state index < -0.39 is 42.6 Å². The van der Waals surface area contributed by atoms with Gasteiger partial charge in [-0.05, 0) is 6.92 Å². The summed E-state index contributed by atoms with van der Waals surface area (Å²) in [6, 6.07) is -0.903. The third-order valence-corrected chi connectivity index (χ3v) is 3.83. The van der Waals surface area contributed by atoms with Crippen molar-refractivity contribution in [3.63, 3.8) is 0 Å². The Morgan fingerprint density at radius 2 is 2.42 bits per heavy atom. The minimum Gasteiger partial charge on any atom is -0.450 e. The van der Waals surface area contributed by atoms with Gasteiger partial charge in [-0.2, -0.15) is 0 Å². The lowest BCUT2D eigenvalue weighted by Crippen LogP contribution is -2.53. The highest BCUT2D eigenvalue weighted by Crippen LogP contribution is 2.37. The van der Waals surface area contributed by atoms with E-state index >= 15 is 0 Å². The maximum absolute atomic E-state index is 13.9. The number of aliphatic imine (C=N–C) groups is 1. The van der Waals surface area contributed by atoms with Gasteiger partial charge in [-0.1, -0.05) is 11.8 Å². The lowest BCUT2D eigenvalue weighted by Gasteiger charge is -2.36. The van der Waals surface area contributed by atoms with Gasteiger partial charge in [-0.3, -0.25) is 10.3 Å². The summed E-state index contributed by atoms with van der Waals surface area (Å²) in [5.41, 5.74) is -0.674. The average Bonchev–Trinajstić information content (AvgIpc) is 2.76. The summed E-state index contributed by atoms with van der Waals surface area (Å²) >= 11 is 1.03. The fourth-order valence-electron chi connectivity index (χ4n) is 1.86. The van der Waals surface area contributed by atoms with E-state index in [4.69, 9.17) is 9.84 Å². The number of alkyl carbamates (subject to hydrolysis) is 1. The Kier molecular flexibility index (Phi) is 4.61. The van der Waals surface area contributed by atoms with Crippen molar-refractivity contribution in [2.75, 3.05) is 13.2 Å². The summed E-state index contributed by atoms with van der Waals surface area (Å²) in [6.45, 7) is 1.39. The Morgan fingerprint density at radius 3 is 3.05 bits per heavy atom. The number of aliphatic hydroxyl groups excluding tert-OH is 2. The van der Waals surface area contributed by atoms with Crippen molar-refractivity contribution < 1.29 is 28.9 Å². The molecule has 7 nitrogen and oxygen atoms in total. The van der Waals surface area contributed by atoms with Gasteiger partial charge in [-0.25, -0.2) is 9.18 Å². The van der Waals surface area contributed by atoms with Crippen molar-refractivity contribution in [3.8, 4) is 0 Å². The summed E-state index contributed by atoms with van der Waals surface area (Å²) in [4.78, 5) is 15.2. The molecule has 0 aliphatic carbocycles. The molecule has 0 aromatic heterocycles. The first-order valence-corrected chi connectivity index (χ1v) is 6.71. The van der Waals surface area contributed by atoms with Crippen LogP contribution in [0.2, 0.25) is 0 Å². The Hall–Kier alpha value is -0.900. The van der Waals surface area contributed by atoms with E-state index in [2.05, 4.69) is 15.0 Å². The maximum atomic E-state index is 13.9. The number of aliphatic hydroxyl groups is 2. The molecule has 0 aromatic rings. The molecule has 108 valence electrons. The average molecular weight is 294 g/mol. The van der Waals surface area contributed by atoms with Crippen LogP contribution in [-0.2, 0) is 9.47 Å². The lowest BCUT2D eigenvalue weighted by molar-refractivity contribution is -0.144. The SMILES string of the molecule is CCOC(=O)NC1=N[C@@H]2[C@@H](F)[C@H](O)[C@@H](CO)O[C@@H]2S1. The number of hydrogen-bond acceptors (Lipinski definition) is 7. The van der Waals surface area contributed by atoms with Crippen molar-refractivity contribution in [1.29, 1.82) is 0 Å². The van der Waals surface area contributed by atoms with Crippen LogP contribution in [0.3, 0.4) is 0 Å². The minimum absolute atomic E-state index is 0.182. The quantitative estimate of drug-likeness (QED) is 0.642. The third-order valence-electron chi connectivity index (χ3n) is 2.78. The zero-order chi connectivity index (χ0) is 14.0. The van der Waals surface area contributed by atoms with Crippen molar-refractivity contribution in [1.82, 2.24) is 5.32 Å². The predicted molar refractivity (Wildman–Crippen MR) is 65.6 cm³/mol. The molecule has 2 rings (SSSR count). The molecule has 2 heterocycles. The Labute approximate surface area is 113 Å². The standard InChI is InChI=1S/C10H15FN2O5S/c1-2-17-10(16)13-9-12-6-5(11)7(15)4(3-14)18-8(6)19-9/h4-8,14-15H,2-3H2,1H3,(H,12,13,16)/t4-,5-,6-,7-,8-/m1/s1. The van der Waals surface area contributed by atoms with E-state index in [0.29, 0.717) is 0 Å². The monoisotopic (exact) mass is 294 g/mol. The number of nitrogens with zero attached hydrogens (tertiary/aromatic N) is 1. The van der Waals surface area contributed by atoms with E-state index in [-0.39, 0.29) is 11.8 Å². The van der Waals surface area contributed by atoms with Crippen molar-refractivity contribution in [2.45, 2.75) is 36.8 Å². The highest BCUT2D eigenvalue weighted by Gasteiger charge is 2.49. The van der Waals surface area contributed by atoms with Gasteiger partial charge < -0.3 is 19.7 Å². The van der Waals surface area contributed by atoms with Gasteiger partial charge in [0.05, 0.1) is 13.2 Å². The number of alkyl halides is 1. The number of hydrogen-bond donors (Lipinski definition) is 3. The highest BCUT2D eigenvalue weighted by atomic mass is 32.2. The molecule has 1 saturated heterocycles. The normalized spacial score (nSPS) is 37.5. The summed E-state index contributed by atoms with van der Waals surface area (Å²) in [6.07, 6.45) is -4.75. The van der Waals surface area contributed by atoms with Gasteiger partial charge >= 0.3 is 6.09 Å². The van der Waals surface area contributed by atoms with Crippen LogP contribution in [-0.4, -0.2) is 64.5 Å². The number of amidine groups is 1. The molecular weight excluding hydrogens is 279 g/mol. The number of halogens is 1. The first-order chi connectivity index (χ1) is 9.06. The zero-order valence-corrected chi connectivity index (χ0v) is 11.0. The number of thioether (sulfide) groups is 1. The molecule has 0 spiro atoms. The van der Waals surface area contributed by atoms with Crippen molar-refractivity contribution in [2.24, 2.45) is 4.99 Å². The van der Waals surface area contributed by atoms with Gasteiger partial charge in [0.2, 0.25) is 0 Å². The highest BCUT2D eigenvalue weighted by molar-refractivity contribution is 8.14. The van der Waals surface area contributed by atoms with Gasteiger partial charge in [0.1, 0.15) is 23.7 Å². The molecule has 0 radical (unpaired) electrons. The number of amides is 1. The van der Waals surface area contributed by atoms with Crippen LogP contribution >= 0.6 is 11.8 Å². The summed E-state index contributed by atoms with van der Waals surface area (Å²) < 4.78 is 23.9. The van der Waals surface area contributed by atoms with Gasteiger partial charge in [0.15, 0.2) is 11.3 Å². The van der Waals surface area contributed by atoms with Gasteiger partial charge in [0.25, 0.3) is 0 Å². The van der Waals surface area contributed by atoms with Crippen LogP contribution < -0.4 is 5.32 Å². The zero-order valence-electron chi connectivity index (χ0n) is 10.2. The fourth-order valence-corrected chi connectivity index (χ4v) is 2.96. The van der Waals surface area contributed by atoms with Crippen LogP contribution in [0, 0.1) is 0 Å². The molecule has 19 heavy (non-hydrogen) atoms. The van der Waals surface area contributed by atoms with E-state index in [9.17, 15) is 14.3 Å². The molecule has 2 aliphatic heterocycles. The largest absolute Gasteiger partial charge is 0.450 e. The van der Waals surface area contributed by atoms with Crippen LogP contribution in [0.15, 0.2) is 4.99 Å². The number of ether oxygens (including phenoxy) is 2. The van der Waals surface area contributed by atoms with Gasteiger partial charge in [0, 0.05) is 0 Å².